The van der Waals surface area contributed by atoms with Crippen molar-refractivity contribution in [2.24, 2.45) is 5.92 Å². The van der Waals surface area contributed by atoms with Crippen LogP contribution in [0.4, 0.5) is 0 Å². The van der Waals surface area contributed by atoms with Crippen molar-refractivity contribution < 1.29 is 9.59 Å². The van der Waals surface area contributed by atoms with E-state index in [2.05, 4.69) is 5.32 Å². The average molecular weight is 379 g/mol. The zero-order chi connectivity index (χ0) is 18.6. The van der Waals surface area contributed by atoms with Gasteiger partial charge in [-0.15, -0.1) is 11.3 Å². The van der Waals surface area contributed by atoms with Gasteiger partial charge in [0.1, 0.15) is 6.04 Å². The molecular formula is C19H23ClN2O2S. The molecule has 0 bridgehead atoms. The Morgan fingerprint density at radius 2 is 1.88 bits per heavy atom. The van der Waals surface area contributed by atoms with E-state index in [9.17, 15) is 9.59 Å². The van der Waals surface area contributed by atoms with Crippen molar-refractivity contribution >= 4 is 34.8 Å². The molecule has 1 atom stereocenters. The molecule has 2 aromatic rings. The number of amides is 2. The average Bonchev–Trinajstić information content (AvgIpc) is 2.96. The monoisotopic (exact) mass is 378 g/mol. The van der Waals surface area contributed by atoms with Crippen molar-refractivity contribution in [2.45, 2.75) is 33.4 Å². The van der Waals surface area contributed by atoms with E-state index in [-0.39, 0.29) is 17.7 Å². The third kappa shape index (κ3) is 5.06. The largest absolute Gasteiger partial charge is 0.340 e. The molecule has 6 heteroatoms. The number of aryl methyl sites for hydroxylation is 1. The van der Waals surface area contributed by atoms with E-state index in [0.29, 0.717) is 16.4 Å². The highest BCUT2D eigenvalue weighted by atomic mass is 35.5. The van der Waals surface area contributed by atoms with E-state index >= 15 is 0 Å². The highest BCUT2D eigenvalue weighted by molar-refractivity contribution is 7.16. The van der Waals surface area contributed by atoms with Crippen LogP contribution < -0.4 is 5.32 Å². The normalized spacial score (nSPS) is 12.1. The molecule has 1 aromatic carbocycles. The Labute approximate surface area is 157 Å². The van der Waals surface area contributed by atoms with E-state index < -0.39 is 6.04 Å². The zero-order valence-electron chi connectivity index (χ0n) is 14.9. The summed E-state index contributed by atoms with van der Waals surface area (Å²) in [4.78, 5) is 28.0. The SMILES string of the molecule is Cc1ccccc1C(=O)N[C@H](C(=O)N(C)Cc1ccc(Cl)s1)C(C)C. The van der Waals surface area contributed by atoms with Crippen LogP contribution in [0.2, 0.25) is 4.34 Å². The van der Waals surface area contributed by atoms with Crippen LogP contribution in [0.25, 0.3) is 0 Å². The number of likely N-dealkylation sites (N-methyl/N-ethyl adjacent to an activating group) is 1. The lowest BCUT2D eigenvalue weighted by atomic mass is 10.0. The third-order valence-corrected chi connectivity index (χ3v) is 5.22. The molecule has 2 rings (SSSR count). The first-order chi connectivity index (χ1) is 11.8. The van der Waals surface area contributed by atoms with Crippen LogP contribution in [0.1, 0.15) is 34.6 Å². The number of rotatable bonds is 6. The van der Waals surface area contributed by atoms with Crippen LogP contribution in [0, 0.1) is 12.8 Å². The van der Waals surface area contributed by atoms with E-state index in [4.69, 9.17) is 11.6 Å². The van der Waals surface area contributed by atoms with Gasteiger partial charge < -0.3 is 10.2 Å². The molecule has 1 heterocycles. The van der Waals surface area contributed by atoms with E-state index in [1.165, 1.54) is 11.3 Å². The van der Waals surface area contributed by atoms with Gasteiger partial charge in [-0.2, -0.15) is 0 Å². The number of nitrogens with zero attached hydrogens (tertiary/aromatic N) is 1. The minimum Gasteiger partial charge on any atom is -0.340 e. The molecule has 0 fully saturated rings. The van der Waals surface area contributed by atoms with Gasteiger partial charge >= 0.3 is 0 Å². The molecule has 0 spiro atoms. The summed E-state index contributed by atoms with van der Waals surface area (Å²) in [6, 6.07) is 10.5. The second-order valence-electron chi connectivity index (χ2n) is 6.41. The van der Waals surface area contributed by atoms with Gasteiger partial charge in [-0.1, -0.05) is 43.6 Å². The number of carbonyl (C=O) groups is 2. The summed E-state index contributed by atoms with van der Waals surface area (Å²) in [5, 5.41) is 2.89. The predicted molar refractivity (Wildman–Crippen MR) is 103 cm³/mol. The summed E-state index contributed by atoms with van der Waals surface area (Å²) < 4.78 is 0.698. The number of nitrogens with one attached hydrogen (secondary N) is 1. The number of hydrogen-bond donors (Lipinski definition) is 1. The van der Waals surface area contributed by atoms with Crippen LogP contribution in [-0.4, -0.2) is 29.8 Å². The molecule has 0 aliphatic carbocycles. The third-order valence-electron chi connectivity index (χ3n) is 4.01. The van der Waals surface area contributed by atoms with E-state index in [1.807, 2.05) is 51.1 Å². The fourth-order valence-electron chi connectivity index (χ4n) is 2.55. The lowest BCUT2D eigenvalue weighted by Gasteiger charge is -2.27. The van der Waals surface area contributed by atoms with Gasteiger partial charge in [0.2, 0.25) is 5.91 Å². The summed E-state index contributed by atoms with van der Waals surface area (Å²) >= 11 is 7.40. The Hall–Kier alpha value is -1.85. The molecule has 134 valence electrons. The standard InChI is InChI=1S/C19H23ClN2O2S/c1-12(2)17(21-18(23)15-8-6-5-7-13(15)3)19(24)22(4)11-14-9-10-16(20)25-14/h5-10,12,17H,11H2,1-4H3,(H,21,23)/t17-/m0/s1. The minimum atomic E-state index is -0.576. The molecular weight excluding hydrogens is 356 g/mol. The first-order valence-corrected chi connectivity index (χ1v) is 9.34. The molecule has 0 radical (unpaired) electrons. The van der Waals surface area contributed by atoms with E-state index in [1.54, 1.807) is 18.0 Å². The number of halogens is 1. The Bertz CT molecular complexity index is 757. The van der Waals surface area contributed by atoms with Gasteiger partial charge in [0.05, 0.1) is 10.9 Å². The van der Waals surface area contributed by atoms with Crippen LogP contribution in [0.5, 0.6) is 0 Å². The molecule has 0 aliphatic heterocycles. The van der Waals surface area contributed by atoms with Crippen molar-refractivity contribution in [1.82, 2.24) is 10.2 Å². The van der Waals surface area contributed by atoms with Gasteiger partial charge in [0.25, 0.3) is 5.91 Å². The van der Waals surface area contributed by atoms with Crippen LogP contribution in [0.15, 0.2) is 36.4 Å². The van der Waals surface area contributed by atoms with Crippen molar-refractivity contribution in [3.8, 4) is 0 Å². The quantitative estimate of drug-likeness (QED) is 0.821. The van der Waals surface area contributed by atoms with Crippen LogP contribution >= 0.6 is 22.9 Å². The topological polar surface area (TPSA) is 49.4 Å². The lowest BCUT2D eigenvalue weighted by molar-refractivity contribution is -0.133. The zero-order valence-corrected chi connectivity index (χ0v) is 16.4. The maximum Gasteiger partial charge on any atom is 0.252 e. The summed E-state index contributed by atoms with van der Waals surface area (Å²) in [6.45, 7) is 6.21. The summed E-state index contributed by atoms with van der Waals surface area (Å²) in [6.07, 6.45) is 0. The van der Waals surface area contributed by atoms with Gasteiger partial charge in [0.15, 0.2) is 0 Å². The highest BCUT2D eigenvalue weighted by Gasteiger charge is 2.28. The first-order valence-electron chi connectivity index (χ1n) is 8.15. The molecule has 0 aliphatic rings. The first kappa shape index (κ1) is 19.5. The fourth-order valence-corrected chi connectivity index (χ4v) is 3.69. The molecule has 1 aromatic heterocycles. The van der Waals surface area contributed by atoms with Crippen LogP contribution in [-0.2, 0) is 11.3 Å². The van der Waals surface area contributed by atoms with Gasteiger partial charge in [-0.3, -0.25) is 9.59 Å². The van der Waals surface area contributed by atoms with Crippen LogP contribution in [0.3, 0.4) is 0 Å². The molecule has 1 N–H and O–H groups in total. The maximum atomic E-state index is 12.8. The van der Waals surface area contributed by atoms with Crippen molar-refractivity contribution in [2.75, 3.05) is 7.05 Å². The molecule has 0 saturated heterocycles. The number of thiophene rings is 1. The maximum absolute atomic E-state index is 12.8. The minimum absolute atomic E-state index is 0.0187. The Morgan fingerprint density at radius 3 is 2.44 bits per heavy atom. The van der Waals surface area contributed by atoms with Gasteiger partial charge in [-0.25, -0.2) is 0 Å². The smallest absolute Gasteiger partial charge is 0.252 e. The highest BCUT2D eigenvalue weighted by Crippen LogP contribution is 2.23. The van der Waals surface area contributed by atoms with Crippen molar-refractivity contribution in [3.05, 3.63) is 56.7 Å². The van der Waals surface area contributed by atoms with E-state index in [0.717, 1.165) is 10.4 Å². The molecule has 0 saturated carbocycles. The lowest BCUT2D eigenvalue weighted by Crippen LogP contribution is -2.50. The Morgan fingerprint density at radius 1 is 1.20 bits per heavy atom. The van der Waals surface area contributed by atoms with Crippen molar-refractivity contribution in [1.29, 1.82) is 0 Å². The summed E-state index contributed by atoms with van der Waals surface area (Å²) in [5.74, 6) is -0.353. The Kier molecular flexibility index (Phi) is 6.62. The molecule has 0 unspecified atom stereocenters. The second-order valence-corrected chi connectivity index (χ2v) is 8.21. The van der Waals surface area contributed by atoms with Crippen molar-refractivity contribution in [3.63, 3.8) is 0 Å². The number of carbonyl (C=O) groups excluding carboxylic acids is 2. The fraction of sp³-hybridized carbons (Fsp3) is 0.368. The molecule has 2 amide bonds. The summed E-state index contributed by atoms with van der Waals surface area (Å²) in [5.41, 5.74) is 1.48. The molecule has 25 heavy (non-hydrogen) atoms. The van der Waals surface area contributed by atoms with Gasteiger partial charge in [-0.05, 0) is 36.6 Å². The summed E-state index contributed by atoms with van der Waals surface area (Å²) in [7, 11) is 1.74. The van der Waals surface area contributed by atoms with Gasteiger partial charge in [0, 0.05) is 17.5 Å². The number of hydrogen-bond acceptors (Lipinski definition) is 3. The Balaban J connectivity index is 2.10. The second kappa shape index (κ2) is 8.50. The number of benzene rings is 1. The molecule has 4 nitrogen and oxygen atoms in total. The predicted octanol–water partition coefficient (Wildman–Crippen LogP) is 4.12.